The van der Waals surface area contributed by atoms with E-state index < -0.39 is 53.7 Å². The van der Waals surface area contributed by atoms with Gasteiger partial charge in [-0.25, -0.2) is 9.47 Å². The monoisotopic (exact) mass is 575 g/mol. The topological polar surface area (TPSA) is 47.6 Å². The highest BCUT2D eigenvalue weighted by atomic mass is 19.4. The molecule has 4 nitrogen and oxygen atoms in total. The van der Waals surface area contributed by atoms with Crippen LogP contribution in [0.25, 0.3) is 0 Å². The van der Waals surface area contributed by atoms with E-state index in [1.807, 2.05) is 10.1 Å². The Hall–Kier alpha value is -3.08. The lowest BCUT2D eigenvalue weighted by Gasteiger charge is -2.35. The molecule has 0 spiro atoms. The number of alkyl halides is 13. The van der Waals surface area contributed by atoms with Crippen molar-refractivity contribution in [3.63, 3.8) is 0 Å². The zero-order chi connectivity index (χ0) is 29.5. The summed E-state index contributed by atoms with van der Waals surface area (Å²) >= 11 is 0. The number of amides is 1. The highest BCUT2D eigenvalue weighted by Crippen LogP contribution is 2.54. The first-order valence-corrected chi connectivity index (χ1v) is 9.79. The molecule has 0 aliphatic rings. The smallest absolute Gasteiger partial charge is 0.322 e. The normalized spacial score (nSPS) is 14.0. The summed E-state index contributed by atoms with van der Waals surface area (Å²) in [6, 6.07) is 6.16. The molecule has 0 saturated heterocycles. The number of hydrogen-bond acceptors (Lipinski definition) is 3. The van der Waals surface area contributed by atoms with E-state index >= 15 is 0 Å². The average molecular weight is 575 g/mol. The minimum Gasteiger partial charge on any atom is -0.322 e. The number of carbonyl (C=O) groups excluding carboxylic acids is 1. The number of anilines is 1. The fraction of sp³-hybridized carbons (Fsp3) is 0.381. The Balaban J connectivity index is 2.35. The summed E-state index contributed by atoms with van der Waals surface area (Å²) in [5, 5.41) is 2.05. The Labute approximate surface area is 204 Å². The van der Waals surface area contributed by atoms with E-state index in [1.54, 1.807) is 17.7 Å². The molecule has 0 aliphatic carbocycles. The van der Waals surface area contributed by atoms with Gasteiger partial charge in [0.2, 0.25) is 0 Å². The Morgan fingerprint density at radius 3 is 1.79 bits per heavy atom. The highest BCUT2D eigenvalue weighted by Gasteiger charge is 2.80. The van der Waals surface area contributed by atoms with Crippen LogP contribution in [0, 0.1) is 13.8 Å². The molecule has 0 atom stereocenters. The summed E-state index contributed by atoms with van der Waals surface area (Å²) in [5.41, 5.74) is -1.37. The maximum atomic E-state index is 14.4. The first-order chi connectivity index (χ1) is 16.9. The number of hydrogen-bond donors (Lipinski definition) is 1. The Morgan fingerprint density at radius 1 is 0.711 bits per heavy atom. The molecule has 2 rings (SSSR count). The molecule has 38 heavy (non-hydrogen) atoms. The largest absolute Gasteiger partial charge is 0.527 e. The van der Waals surface area contributed by atoms with Crippen LogP contribution in [0.3, 0.4) is 0 Å². The molecule has 0 saturated carbocycles. The number of carbonyl (C=O) groups is 1. The van der Waals surface area contributed by atoms with E-state index in [4.69, 9.17) is 0 Å². The van der Waals surface area contributed by atoms with Crippen molar-refractivity contribution in [2.75, 3.05) is 5.32 Å². The first kappa shape index (κ1) is 31.1. The van der Waals surface area contributed by atoms with E-state index in [0.717, 1.165) is 11.6 Å². The van der Waals surface area contributed by atoms with Crippen molar-refractivity contribution in [1.82, 2.24) is 0 Å². The maximum Gasteiger partial charge on any atom is 0.527 e. The molecule has 212 valence electrons. The van der Waals surface area contributed by atoms with Gasteiger partial charge < -0.3 is 5.32 Å². The predicted octanol–water partition coefficient (Wildman–Crippen LogP) is 7.61. The Bertz CT molecular complexity index is 1180. The van der Waals surface area contributed by atoms with Crippen LogP contribution >= 0.6 is 0 Å². The van der Waals surface area contributed by atoms with Crippen molar-refractivity contribution in [2.45, 2.75) is 50.4 Å². The van der Waals surface area contributed by atoms with Crippen molar-refractivity contribution in [3.05, 3.63) is 64.7 Å². The number of ether oxygens (including phenoxy) is 2. The standard InChI is InChI=1S/C21H14F13NO3/c1-10-6-7-14(11(2)8-10)15(36)35-13-5-3-4-12(9-13)16(22,23)18(26,27)37-19(28,29)17(24,25)20(30,31)38-21(32,33)34/h3-9H,1-2H3,(H,35,36). The van der Waals surface area contributed by atoms with Crippen molar-refractivity contribution in [2.24, 2.45) is 0 Å². The predicted molar refractivity (Wildman–Crippen MR) is 102 cm³/mol. The zero-order valence-corrected chi connectivity index (χ0v) is 18.7. The number of aryl methyl sites for hydroxylation is 2. The van der Waals surface area contributed by atoms with Gasteiger partial charge in [0.05, 0.1) is 0 Å². The van der Waals surface area contributed by atoms with E-state index in [1.165, 1.54) is 19.1 Å². The summed E-state index contributed by atoms with van der Waals surface area (Å²) < 4.78 is 176. The van der Waals surface area contributed by atoms with Crippen molar-refractivity contribution < 1.29 is 71.3 Å². The van der Waals surface area contributed by atoms with Gasteiger partial charge in [0.1, 0.15) is 0 Å². The van der Waals surface area contributed by atoms with Gasteiger partial charge in [0.15, 0.2) is 0 Å². The molecule has 0 radical (unpaired) electrons. The third-order valence-corrected chi connectivity index (χ3v) is 4.71. The van der Waals surface area contributed by atoms with Crippen molar-refractivity contribution in [3.8, 4) is 0 Å². The molecule has 1 N–H and O–H groups in total. The van der Waals surface area contributed by atoms with Crippen LogP contribution in [0.15, 0.2) is 42.5 Å². The highest BCUT2D eigenvalue weighted by molar-refractivity contribution is 6.05. The van der Waals surface area contributed by atoms with E-state index in [0.29, 0.717) is 11.6 Å². The number of benzene rings is 2. The van der Waals surface area contributed by atoms with Gasteiger partial charge in [-0.1, -0.05) is 29.8 Å². The molecule has 0 unspecified atom stereocenters. The molecule has 0 aliphatic heterocycles. The lowest BCUT2D eigenvalue weighted by molar-refractivity contribution is -0.535. The molecule has 0 heterocycles. The molecule has 2 aromatic rings. The number of halogens is 13. The quantitative estimate of drug-likeness (QED) is 0.313. The summed E-state index contributed by atoms with van der Waals surface area (Å²) in [7, 11) is 0. The van der Waals surface area contributed by atoms with Crippen LogP contribution in [-0.4, -0.2) is 36.5 Å². The second-order valence-corrected chi connectivity index (χ2v) is 7.70. The molecule has 17 heteroatoms. The summed E-state index contributed by atoms with van der Waals surface area (Å²) in [4.78, 5) is 12.4. The van der Waals surface area contributed by atoms with Crippen LogP contribution in [0.2, 0.25) is 0 Å². The zero-order valence-electron chi connectivity index (χ0n) is 18.7. The molecule has 1 amide bonds. The van der Waals surface area contributed by atoms with Gasteiger partial charge in [0, 0.05) is 16.8 Å². The SMILES string of the molecule is Cc1ccc(C(=O)Nc2cccc(C(F)(F)C(F)(F)OC(F)(F)C(F)(F)C(F)(F)OC(F)(F)F)c2)c(C)c1. The molecule has 2 aromatic carbocycles. The van der Waals surface area contributed by atoms with Crippen molar-refractivity contribution in [1.29, 1.82) is 0 Å². The lowest BCUT2D eigenvalue weighted by Crippen LogP contribution is -2.61. The van der Waals surface area contributed by atoms with E-state index in [2.05, 4.69) is 0 Å². The number of rotatable bonds is 9. The van der Waals surface area contributed by atoms with Gasteiger partial charge in [-0.15, -0.1) is 13.2 Å². The van der Waals surface area contributed by atoms with Crippen molar-refractivity contribution >= 4 is 11.6 Å². The van der Waals surface area contributed by atoms with Crippen LogP contribution in [0.5, 0.6) is 0 Å². The minimum absolute atomic E-state index is 0.0188. The van der Waals surface area contributed by atoms with E-state index in [9.17, 15) is 61.9 Å². The fourth-order valence-electron chi connectivity index (χ4n) is 2.90. The van der Waals surface area contributed by atoms with Crippen LogP contribution in [0.4, 0.5) is 62.8 Å². The van der Waals surface area contributed by atoms with Crippen LogP contribution in [-0.2, 0) is 15.4 Å². The molecular formula is C21H14F13NO3. The number of nitrogens with one attached hydrogen (secondary N) is 1. The molecule has 0 fully saturated rings. The minimum atomic E-state index is -7.52. The van der Waals surface area contributed by atoms with Gasteiger partial charge in [-0.05, 0) is 37.6 Å². The second kappa shape index (κ2) is 9.91. The lowest BCUT2D eigenvalue weighted by atomic mass is 10.0. The summed E-state index contributed by atoms with van der Waals surface area (Å²) in [5.74, 6) is -14.4. The third-order valence-electron chi connectivity index (χ3n) is 4.71. The maximum absolute atomic E-state index is 14.4. The first-order valence-electron chi connectivity index (χ1n) is 9.79. The van der Waals surface area contributed by atoms with Crippen LogP contribution in [0.1, 0.15) is 27.0 Å². The molecule has 0 bridgehead atoms. The van der Waals surface area contributed by atoms with Gasteiger partial charge >= 0.3 is 36.5 Å². The molecular weight excluding hydrogens is 561 g/mol. The van der Waals surface area contributed by atoms with Gasteiger partial charge in [-0.2, -0.15) is 43.9 Å². The summed E-state index contributed by atoms with van der Waals surface area (Å²) in [6.07, 6.45) is -27.9. The Morgan fingerprint density at radius 2 is 1.26 bits per heavy atom. The second-order valence-electron chi connectivity index (χ2n) is 7.70. The molecule has 0 aromatic heterocycles. The van der Waals surface area contributed by atoms with Crippen LogP contribution < -0.4 is 5.32 Å². The fourth-order valence-corrected chi connectivity index (χ4v) is 2.90. The third kappa shape index (κ3) is 6.31. The van der Waals surface area contributed by atoms with Gasteiger partial charge in [0.25, 0.3) is 5.91 Å². The summed E-state index contributed by atoms with van der Waals surface area (Å²) in [6.45, 7) is 3.19. The Kier molecular flexibility index (Phi) is 8.12. The average Bonchev–Trinajstić information content (AvgIpc) is 2.71. The van der Waals surface area contributed by atoms with E-state index in [-0.39, 0.29) is 17.7 Å². The van der Waals surface area contributed by atoms with Gasteiger partial charge in [-0.3, -0.25) is 4.79 Å².